The van der Waals surface area contributed by atoms with Gasteiger partial charge in [0, 0.05) is 35.2 Å². The van der Waals surface area contributed by atoms with Crippen molar-refractivity contribution in [2.75, 3.05) is 11.9 Å². The summed E-state index contributed by atoms with van der Waals surface area (Å²) in [6.45, 7) is 1.78. The largest absolute Gasteiger partial charge is 0.490 e. The molecule has 2 fully saturated rings. The van der Waals surface area contributed by atoms with Gasteiger partial charge in [0.1, 0.15) is 11.8 Å². The van der Waals surface area contributed by atoms with Crippen LogP contribution in [-0.4, -0.2) is 52.5 Å². The molecule has 1 aliphatic heterocycles. The van der Waals surface area contributed by atoms with E-state index < -0.39 is 65.0 Å². The van der Waals surface area contributed by atoms with Crippen molar-refractivity contribution in [3.8, 4) is 5.75 Å². The van der Waals surface area contributed by atoms with Gasteiger partial charge in [0.2, 0.25) is 5.82 Å². The van der Waals surface area contributed by atoms with Crippen LogP contribution in [0.3, 0.4) is 0 Å². The molecule has 1 saturated heterocycles. The van der Waals surface area contributed by atoms with Crippen molar-refractivity contribution in [3.05, 3.63) is 53.4 Å². The molecular formula is C25H26F5N3O5. The Balaban J connectivity index is 1.73. The van der Waals surface area contributed by atoms with E-state index >= 15 is 0 Å². The summed E-state index contributed by atoms with van der Waals surface area (Å²) < 4.78 is 82.5. The lowest BCUT2D eigenvalue weighted by Crippen LogP contribution is -2.47. The number of hydrogen-bond acceptors (Lipinski definition) is 6. The van der Waals surface area contributed by atoms with Crippen LogP contribution in [0, 0.1) is 23.5 Å². The number of alkyl halides is 3. The van der Waals surface area contributed by atoms with Crippen LogP contribution in [0.4, 0.5) is 27.6 Å². The van der Waals surface area contributed by atoms with Crippen molar-refractivity contribution in [3.63, 3.8) is 0 Å². The molecule has 1 aromatic heterocycles. The lowest BCUT2D eigenvalue weighted by molar-refractivity contribution is -0.272. The first kappa shape index (κ1) is 27.7. The van der Waals surface area contributed by atoms with Gasteiger partial charge < -0.3 is 25.6 Å². The van der Waals surface area contributed by atoms with Crippen LogP contribution in [0.2, 0.25) is 0 Å². The molecule has 0 bridgehead atoms. The maximum absolute atomic E-state index is 15.0. The Bertz CT molecular complexity index is 1240. The predicted octanol–water partition coefficient (Wildman–Crippen LogP) is 3.69. The number of amides is 2. The maximum Gasteiger partial charge on any atom is 0.417 e. The molecule has 0 radical (unpaired) electrons. The summed E-state index contributed by atoms with van der Waals surface area (Å²) in [4.78, 5) is 28.4. The monoisotopic (exact) mass is 543 g/mol. The number of carbonyl (C=O) groups excluding carboxylic acids is 2. The highest BCUT2D eigenvalue weighted by Crippen LogP contribution is 2.55. The SMILES string of the molecule is C[C@H]1[C@@H](c2ccc(F)c(F)c2OC[C@@H]2CC[C@@H]2O)[C@H](C(=O)Nc2ccnc(C(N)=O)c2)O[C@@]1(C)C(F)(F)F. The number of benzene rings is 1. The number of nitrogens with one attached hydrogen (secondary N) is 1. The molecule has 0 unspecified atom stereocenters. The van der Waals surface area contributed by atoms with Crippen molar-refractivity contribution >= 4 is 17.5 Å². The quantitative estimate of drug-likeness (QED) is 0.458. The summed E-state index contributed by atoms with van der Waals surface area (Å²) >= 11 is 0. The van der Waals surface area contributed by atoms with Gasteiger partial charge in [0.25, 0.3) is 11.8 Å². The van der Waals surface area contributed by atoms with Gasteiger partial charge in [-0.2, -0.15) is 17.6 Å². The Kier molecular flexibility index (Phi) is 7.36. The highest BCUT2D eigenvalue weighted by atomic mass is 19.4. The molecule has 2 aromatic rings. The number of anilines is 1. The van der Waals surface area contributed by atoms with Crippen LogP contribution in [0.5, 0.6) is 5.75 Å². The van der Waals surface area contributed by atoms with E-state index in [0.29, 0.717) is 12.8 Å². The van der Waals surface area contributed by atoms with Gasteiger partial charge >= 0.3 is 6.18 Å². The van der Waals surface area contributed by atoms with Gasteiger partial charge in [-0.1, -0.05) is 13.0 Å². The van der Waals surface area contributed by atoms with Gasteiger partial charge in [-0.05, 0) is 38.0 Å². The van der Waals surface area contributed by atoms with Crippen molar-refractivity contribution in [2.45, 2.75) is 56.6 Å². The average molecular weight is 543 g/mol. The predicted molar refractivity (Wildman–Crippen MR) is 123 cm³/mol. The smallest absolute Gasteiger partial charge is 0.417 e. The fraction of sp³-hybridized carbons (Fsp3) is 0.480. The van der Waals surface area contributed by atoms with Crippen molar-refractivity contribution in [1.82, 2.24) is 4.98 Å². The van der Waals surface area contributed by atoms with Gasteiger partial charge in [-0.25, -0.2) is 4.39 Å². The third-order valence-electron chi connectivity index (χ3n) is 7.47. The second-order valence-electron chi connectivity index (χ2n) is 9.74. The first-order valence-electron chi connectivity index (χ1n) is 11.8. The number of halogens is 5. The molecular weight excluding hydrogens is 517 g/mol. The fourth-order valence-electron chi connectivity index (χ4n) is 4.77. The van der Waals surface area contributed by atoms with Gasteiger partial charge in [0.05, 0.1) is 12.7 Å². The number of hydrogen-bond donors (Lipinski definition) is 3. The number of aliphatic hydroxyl groups excluding tert-OH is 1. The molecule has 13 heteroatoms. The van der Waals surface area contributed by atoms with Crippen LogP contribution in [0.1, 0.15) is 48.7 Å². The molecule has 1 saturated carbocycles. The molecule has 206 valence electrons. The molecule has 8 nitrogen and oxygen atoms in total. The van der Waals surface area contributed by atoms with Crippen LogP contribution >= 0.6 is 0 Å². The van der Waals surface area contributed by atoms with E-state index in [4.69, 9.17) is 15.2 Å². The zero-order valence-corrected chi connectivity index (χ0v) is 20.4. The van der Waals surface area contributed by atoms with Crippen LogP contribution in [0.15, 0.2) is 30.5 Å². The van der Waals surface area contributed by atoms with Crippen LogP contribution in [-0.2, 0) is 9.53 Å². The highest BCUT2D eigenvalue weighted by molar-refractivity contribution is 5.97. The number of nitrogens with two attached hydrogens (primary N) is 1. The normalized spacial score (nSPS) is 29.0. The molecule has 2 amide bonds. The third-order valence-corrected chi connectivity index (χ3v) is 7.47. The van der Waals surface area contributed by atoms with E-state index in [2.05, 4.69) is 10.3 Å². The van der Waals surface area contributed by atoms with E-state index in [1.807, 2.05) is 0 Å². The first-order valence-corrected chi connectivity index (χ1v) is 11.8. The van der Waals surface area contributed by atoms with E-state index in [1.165, 1.54) is 19.2 Å². The Morgan fingerprint density at radius 1 is 1.26 bits per heavy atom. The minimum absolute atomic E-state index is 0.00939. The van der Waals surface area contributed by atoms with E-state index in [1.54, 1.807) is 0 Å². The second kappa shape index (κ2) is 10.1. The molecule has 1 aliphatic carbocycles. The number of nitrogens with zero attached hydrogens (tertiary/aromatic N) is 1. The summed E-state index contributed by atoms with van der Waals surface area (Å²) in [7, 11) is 0. The first-order chi connectivity index (χ1) is 17.7. The molecule has 1 aromatic carbocycles. The fourth-order valence-corrected chi connectivity index (χ4v) is 4.77. The van der Waals surface area contributed by atoms with E-state index in [9.17, 15) is 36.6 Å². The molecule has 38 heavy (non-hydrogen) atoms. The Morgan fingerprint density at radius 3 is 2.55 bits per heavy atom. The van der Waals surface area contributed by atoms with Gasteiger partial charge in [-0.3, -0.25) is 14.6 Å². The number of ether oxygens (including phenoxy) is 2. The van der Waals surface area contributed by atoms with Crippen LogP contribution < -0.4 is 15.8 Å². The van der Waals surface area contributed by atoms with Crippen molar-refractivity contribution in [2.24, 2.45) is 17.6 Å². The molecule has 2 heterocycles. The van der Waals surface area contributed by atoms with Crippen LogP contribution in [0.25, 0.3) is 0 Å². The number of primary amides is 1. The van der Waals surface area contributed by atoms with E-state index in [0.717, 1.165) is 25.1 Å². The number of carbonyl (C=O) groups is 2. The number of aliphatic hydroxyl groups is 1. The average Bonchev–Trinajstić information content (AvgIpc) is 3.13. The summed E-state index contributed by atoms with van der Waals surface area (Å²) in [5, 5.41) is 12.2. The Morgan fingerprint density at radius 2 is 1.97 bits per heavy atom. The molecule has 6 atom stereocenters. The topological polar surface area (TPSA) is 124 Å². The number of rotatable bonds is 7. The van der Waals surface area contributed by atoms with Gasteiger partial charge in [0.15, 0.2) is 17.2 Å². The van der Waals surface area contributed by atoms with E-state index in [-0.39, 0.29) is 29.5 Å². The zero-order valence-electron chi connectivity index (χ0n) is 20.4. The summed E-state index contributed by atoms with van der Waals surface area (Å²) in [6, 6.07) is 4.22. The summed E-state index contributed by atoms with van der Waals surface area (Å²) in [5.41, 5.74) is 1.98. The third kappa shape index (κ3) is 4.92. The highest BCUT2D eigenvalue weighted by Gasteiger charge is 2.66. The Labute approximate surface area is 214 Å². The minimum Gasteiger partial charge on any atom is -0.490 e. The zero-order chi connectivity index (χ0) is 28.0. The molecule has 2 aliphatic rings. The van der Waals surface area contributed by atoms with Gasteiger partial charge in [-0.15, -0.1) is 0 Å². The minimum atomic E-state index is -4.93. The number of aromatic nitrogens is 1. The second-order valence-corrected chi connectivity index (χ2v) is 9.74. The van der Waals surface area contributed by atoms with Crippen molar-refractivity contribution < 1.29 is 46.1 Å². The maximum atomic E-state index is 15.0. The molecule has 4 rings (SSSR count). The standard InChI is InChI=1S/C25H26F5N3O5/c1-11-18(14-4-5-15(26)19(27)20(14)37-10-12-3-6-17(12)34)21(38-24(11,2)25(28,29)30)23(36)33-13-7-8-32-16(9-13)22(31)35/h4-5,7-9,11-12,17-18,21,34H,3,6,10H2,1-2H3,(H2,31,35)(H,32,33,36)/t11-,12-,17-,18-,21+,24+/m0/s1. The lowest BCUT2D eigenvalue weighted by atomic mass is 9.76. The molecule has 4 N–H and O–H groups in total. The summed E-state index contributed by atoms with van der Waals surface area (Å²) in [6.07, 6.45) is -5.18. The Hall–Kier alpha value is -3.32. The summed E-state index contributed by atoms with van der Waals surface area (Å²) in [5.74, 6) is -8.50. The van der Waals surface area contributed by atoms with Crippen molar-refractivity contribution in [1.29, 1.82) is 0 Å². The number of pyridine rings is 1. The molecule has 0 spiro atoms. The lowest BCUT2D eigenvalue weighted by Gasteiger charge is -2.33.